The van der Waals surface area contributed by atoms with Crippen LogP contribution in [-0.2, 0) is 5.75 Å². The van der Waals surface area contributed by atoms with Crippen LogP contribution in [0.2, 0.25) is 0 Å². The van der Waals surface area contributed by atoms with Gasteiger partial charge in [-0.05, 0) is 40.8 Å². The summed E-state index contributed by atoms with van der Waals surface area (Å²) in [6.07, 6.45) is 0. The molecular formula is C17H13FN6O2S. The zero-order valence-corrected chi connectivity index (χ0v) is 14.9. The van der Waals surface area contributed by atoms with Crippen molar-refractivity contribution < 1.29 is 13.7 Å². The molecule has 0 spiro atoms. The number of halogens is 1. The monoisotopic (exact) mass is 384 g/mol. The lowest BCUT2D eigenvalue weighted by molar-refractivity contribution is 0.390. The first-order valence-electron chi connectivity index (χ1n) is 7.87. The maximum atomic E-state index is 13.4. The predicted molar refractivity (Wildman–Crippen MR) is 95.0 cm³/mol. The minimum absolute atomic E-state index is 0.359. The molecule has 4 aromatic rings. The summed E-state index contributed by atoms with van der Waals surface area (Å²) in [6.45, 7) is 0. The third-order valence-corrected chi connectivity index (χ3v) is 4.54. The van der Waals surface area contributed by atoms with Crippen molar-refractivity contribution in [3.05, 3.63) is 60.2 Å². The summed E-state index contributed by atoms with van der Waals surface area (Å²) in [5.41, 5.74) is 1.27. The average Bonchev–Trinajstić information content (AvgIpc) is 3.35. The molecule has 2 aromatic carbocycles. The van der Waals surface area contributed by atoms with Gasteiger partial charge in [-0.25, -0.2) is 4.39 Å². The Labute approximate surface area is 157 Å². The molecule has 0 aliphatic heterocycles. The van der Waals surface area contributed by atoms with E-state index < -0.39 is 0 Å². The second-order valence-electron chi connectivity index (χ2n) is 5.35. The molecule has 0 atom stereocenters. The van der Waals surface area contributed by atoms with Crippen LogP contribution in [0.5, 0.6) is 5.75 Å². The Hall–Kier alpha value is -3.27. The number of thioether (sulfide) groups is 1. The number of aromatic nitrogens is 6. The third kappa shape index (κ3) is 3.65. The summed E-state index contributed by atoms with van der Waals surface area (Å²) >= 11 is 1.30. The van der Waals surface area contributed by atoms with Crippen LogP contribution >= 0.6 is 11.8 Å². The van der Waals surface area contributed by atoms with E-state index in [4.69, 9.17) is 9.26 Å². The van der Waals surface area contributed by atoms with E-state index >= 15 is 0 Å². The molecule has 4 rings (SSSR count). The number of tetrazole rings is 1. The van der Waals surface area contributed by atoms with Gasteiger partial charge in [0.15, 0.2) is 0 Å². The number of benzene rings is 2. The van der Waals surface area contributed by atoms with Crippen molar-refractivity contribution in [2.75, 3.05) is 7.11 Å². The van der Waals surface area contributed by atoms with Crippen molar-refractivity contribution in [1.82, 2.24) is 30.3 Å². The Morgan fingerprint density at radius 1 is 1.19 bits per heavy atom. The Balaban J connectivity index is 1.51. The lowest BCUT2D eigenvalue weighted by atomic mass is 10.2. The van der Waals surface area contributed by atoms with Crippen LogP contribution in [-0.4, -0.2) is 37.5 Å². The van der Waals surface area contributed by atoms with Gasteiger partial charge in [-0.1, -0.05) is 35.1 Å². The fourth-order valence-corrected chi connectivity index (χ4v) is 3.15. The largest absolute Gasteiger partial charge is 0.496 e. The molecule has 2 aromatic heterocycles. The first kappa shape index (κ1) is 17.2. The molecule has 8 nitrogen and oxygen atoms in total. The number of ether oxygens (including phenoxy) is 1. The second kappa shape index (κ2) is 7.54. The molecule has 0 bridgehead atoms. The highest BCUT2D eigenvalue weighted by molar-refractivity contribution is 7.98. The summed E-state index contributed by atoms with van der Waals surface area (Å²) in [6, 6.07) is 13.4. The Morgan fingerprint density at radius 3 is 2.93 bits per heavy atom. The van der Waals surface area contributed by atoms with Crippen LogP contribution in [0.4, 0.5) is 4.39 Å². The number of para-hydroxylation sites is 1. The van der Waals surface area contributed by atoms with Gasteiger partial charge >= 0.3 is 0 Å². The first-order chi connectivity index (χ1) is 13.2. The summed E-state index contributed by atoms with van der Waals surface area (Å²) in [5.74, 6) is 1.50. The molecule has 0 aliphatic carbocycles. The zero-order valence-electron chi connectivity index (χ0n) is 14.1. The third-order valence-electron chi connectivity index (χ3n) is 3.63. The van der Waals surface area contributed by atoms with Crippen molar-refractivity contribution in [3.63, 3.8) is 0 Å². The van der Waals surface area contributed by atoms with Crippen molar-refractivity contribution in [2.24, 2.45) is 0 Å². The Kier molecular flexibility index (Phi) is 4.79. The SMILES string of the molecule is COc1ccccc1-c1noc(CSc2nnnn2-c2cccc(F)c2)n1. The van der Waals surface area contributed by atoms with Crippen LogP contribution in [0.1, 0.15) is 5.89 Å². The maximum absolute atomic E-state index is 13.4. The van der Waals surface area contributed by atoms with Crippen LogP contribution in [0.25, 0.3) is 17.1 Å². The number of hydrogen-bond donors (Lipinski definition) is 0. The van der Waals surface area contributed by atoms with Gasteiger partial charge in [-0.15, -0.1) is 5.10 Å². The lowest BCUT2D eigenvalue weighted by Gasteiger charge is -2.03. The standard InChI is InChI=1S/C17H13FN6O2S/c1-25-14-8-3-2-7-13(14)16-19-15(26-21-16)10-27-17-20-22-23-24(17)12-6-4-5-11(18)9-12/h2-9H,10H2,1H3. The maximum Gasteiger partial charge on any atom is 0.237 e. The Bertz CT molecular complexity index is 1070. The Morgan fingerprint density at radius 2 is 2.07 bits per heavy atom. The minimum atomic E-state index is -0.364. The normalized spacial score (nSPS) is 10.9. The number of methoxy groups -OCH3 is 1. The van der Waals surface area contributed by atoms with Crippen molar-refractivity contribution in [3.8, 4) is 22.8 Å². The predicted octanol–water partition coefficient (Wildman–Crippen LogP) is 3.15. The van der Waals surface area contributed by atoms with E-state index in [0.717, 1.165) is 5.56 Å². The van der Waals surface area contributed by atoms with Crippen LogP contribution in [0.3, 0.4) is 0 Å². The van der Waals surface area contributed by atoms with E-state index in [0.29, 0.717) is 34.1 Å². The molecule has 2 heterocycles. The second-order valence-corrected chi connectivity index (χ2v) is 6.30. The van der Waals surface area contributed by atoms with E-state index in [1.807, 2.05) is 24.3 Å². The number of hydrogen-bond acceptors (Lipinski definition) is 8. The van der Waals surface area contributed by atoms with Gasteiger partial charge in [0.25, 0.3) is 0 Å². The molecule has 0 N–H and O–H groups in total. The lowest BCUT2D eigenvalue weighted by Crippen LogP contribution is -1.99. The summed E-state index contributed by atoms with van der Waals surface area (Å²) in [7, 11) is 1.59. The van der Waals surface area contributed by atoms with Gasteiger partial charge in [-0.3, -0.25) is 0 Å². The van der Waals surface area contributed by atoms with E-state index in [2.05, 4.69) is 25.7 Å². The van der Waals surface area contributed by atoms with Crippen molar-refractivity contribution in [2.45, 2.75) is 10.9 Å². The van der Waals surface area contributed by atoms with E-state index in [1.54, 1.807) is 19.2 Å². The number of rotatable bonds is 6. The summed E-state index contributed by atoms with van der Waals surface area (Å²) in [4.78, 5) is 4.39. The quantitative estimate of drug-likeness (QED) is 0.468. The van der Waals surface area contributed by atoms with E-state index in [-0.39, 0.29) is 5.82 Å². The molecule has 0 saturated heterocycles. The van der Waals surface area contributed by atoms with Crippen LogP contribution < -0.4 is 4.74 Å². The van der Waals surface area contributed by atoms with E-state index in [9.17, 15) is 4.39 Å². The zero-order chi connectivity index (χ0) is 18.6. The van der Waals surface area contributed by atoms with Gasteiger partial charge in [0.1, 0.15) is 11.6 Å². The first-order valence-corrected chi connectivity index (χ1v) is 8.86. The molecule has 10 heteroatoms. The topological polar surface area (TPSA) is 91.8 Å². The fraction of sp³-hybridized carbons (Fsp3) is 0.118. The molecule has 0 radical (unpaired) electrons. The van der Waals surface area contributed by atoms with Crippen LogP contribution in [0.15, 0.2) is 58.2 Å². The molecular weight excluding hydrogens is 371 g/mol. The molecule has 0 amide bonds. The molecule has 0 saturated carbocycles. The fourth-order valence-electron chi connectivity index (χ4n) is 2.42. The average molecular weight is 384 g/mol. The van der Waals surface area contributed by atoms with Gasteiger partial charge in [0.2, 0.25) is 16.9 Å². The van der Waals surface area contributed by atoms with E-state index in [1.165, 1.54) is 28.6 Å². The molecule has 27 heavy (non-hydrogen) atoms. The summed E-state index contributed by atoms with van der Waals surface area (Å²) < 4.78 is 25.5. The molecule has 0 fully saturated rings. The van der Waals surface area contributed by atoms with Gasteiger partial charge in [-0.2, -0.15) is 9.67 Å². The minimum Gasteiger partial charge on any atom is -0.496 e. The summed E-state index contributed by atoms with van der Waals surface area (Å²) in [5, 5.41) is 16.0. The van der Waals surface area contributed by atoms with Crippen LogP contribution in [0, 0.1) is 5.82 Å². The van der Waals surface area contributed by atoms with Crippen molar-refractivity contribution in [1.29, 1.82) is 0 Å². The highest BCUT2D eigenvalue weighted by atomic mass is 32.2. The number of nitrogens with zero attached hydrogens (tertiary/aromatic N) is 6. The molecule has 0 aliphatic rings. The highest BCUT2D eigenvalue weighted by Crippen LogP contribution is 2.28. The van der Waals surface area contributed by atoms with Gasteiger partial charge < -0.3 is 9.26 Å². The van der Waals surface area contributed by atoms with Crippen molar-refractivity contribution >= 4 is 11.8 Å². The van der Waals surface area contributed by atoms with Gasteiger partial charge in [0.05, 0.1) is 24.1 Å². The van der Waals surface area contributed by atoms with Gasteiger partial charge in [0, 0.05) is 0 Å². The smallest absolute Gasteiger partial charge is 0.237 e. The molecule has 0 unspecified atom stereocenters. The highest BCUT2D eigenvalue weighted by Gasteiger charge is 2.15. The molecule has 136 valence electrons.